The van der Waals surface area contributed by atoms with E-state index in [0.29, 0.717) is 29.9 Å². The van der Waals surface area contributed by atoms with E-state index in [1.165, 1.54) is 0 Å². The molecule has 0 aliphatic carbocycles. The Morgan fingerprint density at radius 2 is 1.42 bits per heavy atom. The highest BCUT2D eigenvalue weighted by molar-refractivity contribution is 7.81. The summed E-state index contributed by atoms with van der Waals surface area (Å²) in [6.07, 6.45) is 1.76. The third-order valence-corrected chi connectivity index (χ3v) is 6.48. The fourth-order valence-corrected chi connectivity index (χ4v) is 4.46. The highest BCUT2D eigenvalue weighted by Crippen LogP contribution is 2.31. The number of nitriles is 1. The minimum Gasteiger partial charge on any atom is -0.330 e. The van der Waals surface area contributed by atoms with Crippen LogP contribution >= 0.6 is 0 Å². The van der Waals surface area contributed by atoms with E-state index in [1.54, 1.807) is 24.4 Å². The first-order valence-corrected chi connectivity index (χ1v) is 12.4. The van der Waals surface area contributed by atoms with Gasteiger partial charge < -0.3 is 4.90 Å². The summed E-state index contributed by atoms with van der Waals surface area (Å²) in [7, 11) is 0. The number of hydrogen-bond donors (Lipinski definition) is 1. The van der Waals surface area contributed by atoms with Crippen LogP contribution in [0.5, 0.6) is 0 Å². The number of nitrogens with zero attached hydrogens (tertiary/aromatic N) is 3. The Morgan fingerprint density at radius 3 is 2.06 bits per heavy atom. The molecular weight excluding hydrogens is 470 g/mol. The summed E-state index contributed by atoms with van der Waals surface area (Å²) in [5, 5.41) is 9.34. The van der Waals surface area contributed by atoms with Crippen LogP contribution in [0, 0.1) is 18.4 Å². The van der Waals surface area contributed by atoms with Crippen molar-refractivity contribution in [2.45, 2.75) is 20.0 Å². The Balaban J connectivity index is 1.63. The number of anilines is 1. The molecule has 4 rings (SSSR count). The molecule has 4 aromatic carbocycles. The molecule has 0 bridgehead atoms. The third kappa shape index (κ3) is 5.69. The lowest BCUT2D eigenvalue weighted by Crippen LogP contribution is -2.30. The first kappa shape index (κ1) is 24.9. The second kappa shape index (κ2) is 11.5. The van der Waals surface area contributed by atoms with Crippen LogP contribution in [0.1, 0.15) is 27.0 Å². The van der Waals surface area contributed by atoms with Gasteiger partial charge in [-0.25, -0.2) is 4.21 Å². The fourth-order valence-electron chi connectivity index (χ4n) is 4.06. The monoisotopic (exact) mass is 495 g/mol. The maximum Gasteiger partial charge on any atom is 0.275 e. The number of carbonyl (C=O) groups excluding carboxylic acids is 1. The molecule has 0 saturated heterocycles. The van der Waals surface area contributed by atoms with E-state index in [0.717, 1.165) is 26.6 Å². The first-order chi connectivity index (χ1) is 17.5. The van der Waals surface area contributed by atoms with Crippen LogP contribution in [0.4, 0.5) is 5.69 Å². The van der Waals surface area contributed by atoms with Crippen molar-refractivity contribution >= 4 is 22.9 Å². The minimum absolute atomic E-state index is 0.0403. The molecular formula is C29H25N3O3S. The van der Waals surface area contributed by atoms with E-state index in [-0.39, 0.29) is 5.91 Å². The van der Waals surface area contributed by atoms with Crippen LogP contribution in [-0.4, -0.2) is 19.6 Å². The molecule has 0 aromatic heterocycles. The zero-order valence-electron chi connectivity index (χ0n) is 19.7. The van der Waals surface area contributed by atoms with Gasteiger partial charge in [0.2, 0.25) is 0 Å². The van der Waals surface area contributed by atoms with Gasteiger partial charge in [-0.05, 0) is 41.3 Å². The molecule has 1 N–H and O–H groups in total. The summed E-state index contributed by atoms with van der Waals surface area (Å²) in [4.78, 5) is 15.3. The van der Waals surface area contributed by atoms with Gasteiger partial charge in [-0.3, -0.25) is 9.35 Å². The Kier molecular flexibility index (Phi) is 7.91. The number of aryl methyl sites for hydroxylation is 1. The second-order valence-electron chi connectivity index (χ2n) is 8.30. The lowest BCUT2D eigenvalue weighted by Gasteiger charge is -2.24. The van der Waals surface area contributed by atoms with Gasteiger partial charge in [-0.1, -0.05) is 91.0 Å². The Morgan fingerprint density at radius 1 is 0.833 bits per heavy atom. The third-order valence-electron chi connectivity index (χ3n) is 5.89. The van der Waals surface area contributed by atoms with Crippen LogP contribution in [0.15, 0.2) is 103 Å². The molecule has 0 radical (unpaired) electrons. The van der Waals surface area contributed by atoms with Gasteiger partial charge in [0.15, 0.2) is 6.19 Å². The van der Waals surface area contributed by atoms with Crippen molar-refractivity contribution in [2.24, 2.45) is 0 Å². The SMILES string of the molecule is Cc1ccccc1C(=O)N(Cc1ccccc1)Cc1ccc(-c2ccccc2N(C#N)S(=O)O)cc1. The van der Waals surface area contributed by atoms with E-state index in [2.05, 4.69) is 0 Å². The second-order valence-corrected chi connectivity index (χ2v) is 9.13. The van der Waals surface area contributed by atoms with Crippen LogP contribution < -0.4 is 4.31 Å². The maximum absolute atomic E-state index is 13.5. The topological polar surface area (TPSA) is 84.6 Å². The lowest BCUT2D eigenvalue weighted by atomic mass is 10.0. The Bertz CT molecular complexity index is 1420. The number of benzene rings is 4. The highest BCUT2D eigenvalue weighted by Gasteiger charge is 2.19. The molecule has 0 heterocycles. The predicted molar refractivity (Wildman–Crippen MR) is 142 cm³/mol. The zero-order chi connectivity index (χ0) is 25.5. The molecule has 7 heteroatoms. The van der Waals surface area contributed by atoms with Gasteiger partial charge in [0, 0.05) is 24.2 Å². The zero-order valence-corrected chi connectivity index (χ0v) is 20.6. The summed E-state index contributed by atoms with van der Waals surface area (Å²) in [5.41, 5.74) is 5.37. The Labute approximate surface area is 213 Å². The van der Waals surface area contributed by atoms with Crippen molar-refractivity contribution in [3.8, 4) is 17.3 Å². The first-order valence-electron chi connectivity index (χ1n) is 11.4. The predicted octanol–water partition coefficient (Wildman–Crippen LogP) is 5.93. The van der Waals surface area contributed by atoms with Gasteiger partial charge in [0.1, 0.15) is 0 Å². The molecule has 36 heavy (non-hydrogen) atoms. The summed E-state index contributed by atoms with van der Waals surface area (Å²) in [6, 6.07) is 32.1. The molecule has 0 fully saturated rings. The molecule has 6 nitrogen and oxygen atoms in total. The quantitative estimate of drug-likeness (QED) is 0.187. The highest BCUT2D eigenvalue weighted by atomic mass is 32.2. The van der Waals surface area contributed by atoms with Crippen molar-refractivity contribution in [3.05, 3.63) is 125 Å². The molecule has 0 aliphatic heterocycles. The van der Waals surface area contributed by atoms with Crippen molar-refractivity contribution in [2.75, 3.05) is 4.31 Å². The molecule has 1 amide bonds. The van der Waals surface area contributed by atoms with Gasteiger partial charge in [0.05, 0.1) is 5.69 Å². The number of rotatable bonds is 8. The number of amides is 1. The van der Waals surface area contributed by atoms with Gasteiger partial charge >= 0.3 is 0 Å². The average Bonchev–Trinajstić information content (AvgIpc) is 2.90. The van der Waals surface area contributed by atoms with Crippen molar-refractivity contribution in [1.29, 1.82) is 5.26 Å². The number of carbonyl (C=O) groups is 1. The van der Waals surface area contributed by atoms with Crippen LogP contribution in [0.3, 0.4) is 0 Å². The lowest BCUT2D eigenvalue weighted by molar-refractivity contribution is 0.0729. The van der Waals surface area contributed by atoms with E-state index in [4.69, 9.17) is 0 Å². The summed E-state index contributed by atoms with van der Waals surface area (Å²) < 4.78 is 21.9. The molecule has 0 aliphatic rings. The van der Waals surface area contributed by atoms with E-state index < -0.39 is 11.3 Å². The van der Waals surface area contributed by atoms with E-state index in [9.17, 15) is 18.8 Å². The van der Waals surface area contributed by atoms with E-state index in [1.807, 2.05) is 96.8 Å². The average molecular weight is 496 g/mol. The summed E-state index contributed by atoms with van der Waals surface area (Å²) in [6.45, 7) is 2.82. The number of hydrogen-bond acceptors (Lipinski definition) is 3. The van der Waals surface area contributed by atoms with Gasteiger partial charge in [-0.2, -0.15) is 9.57 Å². The standard InChI is InChI=1S/C29H25N3O3S/c1-22-9-5-6-12-26(22)29(33)31(19-23-10-3-2-4-11-23)20-24-15-17-25(18-16-24)27-13-7-8-14-28(27)32(21-30)36(34)35/h2-18H,19-20H2,1H3,(H,34,35). The van der Waals surface area contributed by atoms with Crippen LogP contribution in [0.25, 0.3) is 11.1 Å². The maximum atomic E-state index is 13.5. The smallest absolute Gasteiger partial charge is 0.275 e. The van der Waals surface area contributed by atoms with Crippen LogP contribution in [0.2, 0.25) is 0 Å². The minimum atomic E-state index is -2.47. The van der Waals surface area contributed by atoms with Crippen molar-refractivity contribution < 1.29 is 13.6 Å². The fraction of sp³-hybridized carbons (Fsp3) is 0.103. The summed E-state index contributed by atoms with van der Waals surface area (Å²) >= 11 is -2.47. The normalized spacial score (nSPS) is 11.4. The van der Waals surface area contributed by atoms with Crippen LogP contribution in [-0.2, 0) is 24.4 Å². The molecule has 180 valence electrons. The molecule has 1 atom stereocenters. The van der Waals surface area contributed by atoms with Crippen molar-refractivity contribution in [1.82, 2.24) is 4.90 Å². The van der Waals surface area contributed by atoms with E-state index >= 15 is 0 Å². The van der Waals surface area contributed by atoms with Gasteiger partial charge in [-0.15, -0.1) is 0 Å². The largest absolute Gasteiger partial charge is 0.330 e. The molecule has 1 unspecified atom stereocenters. The molecule has 0 saturated carbocycles. The molecule has 4 aromatic rings. The van der Waals surface area contributed by atoms with Gasteiger partial charge in [0.25, 0.3) is 17.2 Å². The Hall–Kier alpha value is -4.25. The summed E-state index contributed by atoms with van der Waals surface area (Å²) in [5.74, 6) is -0.0403. The van der Waals surface area contributed by atoms with Crippen molar-refractivity contribution in [3.63, 3.8) is 0 Å². The number of para-hydroxylation sites is 1. The molecule has 0 spiro atoms.